The van der Waals surface area contributed by atoms with E-state index in [4.69, 9.17) is 4.74 Å². The molecule has 0 spiro atoms. The van der Waals surface area contributed by atoms with Gasteiger partial charge in [0.1, 0.15) is 0 Å². The van der Waals surface area contributed by atoms with E-state index in [0.717, 1.165) is 50.5 Å². The molecule has 1 aromatic heterocycles. The summed E-state index contributed by atoms with van der Waals surface area (Å²) in [6, 6.07) is 3.93. The van der Waals surface area contributed by atoms with E-state index in [1.165, 1.54) is 31.7 Å². The van der Waals surface area contributed by atoms with Gasteiger partial charge in [0.2, 0.25) is 11.8 Å². The van der Waals surface area contributed by atoms with Crippen molar-refractivity contribution in [1.29, 1.82) is 0 Å². The maximum absolute atomic E-state index is 15.6. The number of rotatable bonds is 14. The molecular formula is C31H40F5NO. The first kappa shape index (κ1) is 28.8. The highest BCUT2D eigenvalue weighted by molar-refractivity contribution is 5.41. The van der Waals surface area contributed by atoms with Gasteiger partial charge in [0.15, 0.2) is 11.6 Å². The Morgan fingerprint density at radius 3 is 2.50 bits per heavy atom. The molecule has 0 bridgehead atoms. The van der Waals surface area contributed by atoms with Gasteiger partial charge in [-0.05, 0) is 55.2 Å². The van der Waals surface area contributed by atoms with E-state index in [9.17, 15) is 8.78 Å². The zero-order chi connectivity index (χ0) is 27.3. The van der Waals surface area contributed by atoms with Gasteiger partial charge in [-0.15, -0.1) is 0 Å². The van der Waals surface area contributed by atoms with Crippen LogP contribution in [0.2, 0.25) is 0 Å². The lowest BCUT2D eigenvalue weighted by atomic mass is 9.77. The molecular weight excluding hydrogens is 497 g/mol. The fourth-order valence-electron chi connectivity index (χ4n) is 5.70. The fraction of sp³-hybridized carbons (Fsp3) is 0.645. The molecule has 1 aromatic carbocycles. The van der Waals surface area contributed by atoms with Crippen LogP contribution in [0.3, 0.4) is 0 Å². The standard InChI is InChI=1S/C31H40F5NO/c1-3-4-9-20(2)18-23-19-22-13-15-25(31(35,36)27(22)30(34)37-23)24-14-16-26(29(33)28(24)32)38-17-8-6-5-7-10-21-11-12-21/h14,16,19-21,25H,3-13,15,17-18H2,1-2H3. The lowest BCUT2D eigenvalue weighted by Gasteiger charge is -2.34. The predicted molar refractivity (Wildman–Crippen MR) is 139 cm³/mol. The van der Waals surface area contributed by atoms with E-state index in [2.05, 4.69) is 11.9 Å². The Kier molecular flexibility index (Phi) is 9.69. The number of unbranched alkanes of at least 4 members (excludes halogenated alkanes) is 4. The van der Waals surface area contributed by atoms with E-state index in [-0.39, 0.29) is 36.7 Å². The summed E-state index contributed by atoms with van der Waals surface area (Å²) < 4.78 is 81.4. The van der Waals surface area contributed by atoms with E-state index in [1.54, 1.807) is 6.07 Å². The number of hydrogen-bond donors (Lipinski definition) is 0. The van der Waals surface area contributed by atoms with Crippen LogP contribution in [0.1, 0.15) is 113 Å². The first-order valence-corrected chi connectivity index (χ1v) is 14.4. The number of alkyl halides is 2. The zero-order valence-corrected chi connectivity index (χ0v) is 22.6. The summed E-state index contributed by atoms with van der Waals surface area (Å²) in [6.45, 7) is 4.37. The third-order valence-electron chi connectivity index (χ3n) is 8.10. The molecule has 1 fully saturated rings. The molecule has 4 rings (SSSR count). The molecule has 38 heavy (non-hydrogen) atoms. The van der Waals surface area contributed by atoms with Gasteiger partial charge in [-0.1, -0.05) is 77.7 Å². The van der Waals surface area contributed by atoms with Gasteiger partial charge in [-0.2, -0.15) is 8.78 Å². The molecule has 0 amide bonds. The second-order valence-electron chi connectivity index (χ2n) is 11.4. The van der Waals surface area contributed by atoms with Crippen molar-refractivity contribution in [3.8, 4) is 5.75 Å². The number of halogens is 5. The third kappa shape index (κ3) is 6.87. The second kappa shape index (κ2) is 12.8. The smallest absolute Gasteiger partial charge is 0.284 e. The Morgan fingerprint density at radius 1 is 1.00 bits per heavy atom. The lowest BCUT2D eigenvalue weighted by molar-refractivity contribution is -0.0486. The third-order valence-corrected chi connectivity index (χ3v) is 8.10. The first-order chi connectivity index (χ1) is 18.2. The van der Waals surface area contributed by atoms with E-state index < -0.39 is 40.5 Å². The number of nitrogens with zero attached hydrogens (tertiary/aromatic N) is 1. The second-order valence-corrected chi connectivity index (χ2v) is 11.4. The predicted octanol–water partition coefficient (Wildman–Crippen LogP) is 9.43. The van der Waals surface area contributed by atoms with E-state index in [1.807, 2.05) is 6.92 Å². The molecule has 0 N–H and O–H groups in total. The molecule has 210 valence electrons. The minimum atomic E-state index is -3.72. The molecule has 2 aromatic rings. The van der Waals surface area contributed by atoms with Gasteiger partial charge in [-0.25, -0.2) is 18.2 Å². The average Bonchev–Trinajstić information content (AvgIpc) is 3.69. The maximum atomic E-state index is 15.6. The quantitative estimate of drug-likeness (QED) is 0.136. The number of aromatic nitrogens is 1. The lowest BCUT2D eigenvalue weighted by Crippen LogP contribution is -2.33. The molecule has 2 unspecified atom stereocenters. The van der Waals surface area contributed by atoms with Gasteiger partial charge in [0.25, 0.3) is 5.92 Å². The van der Waals surface area contributed by atoms with Gasteiger partial charge in [0.05, 0.1) is 18.1 Å². The largest absolute Gasteiger partial charge is 0.490 e. The van der Waals surface area contributed by atoms with Gasteiger partial charge in [0, 0.05) is 11.3 Å². The molecule has 0 saturated heterocycles. The molecule has 2 nitrogen and oxygen atoms in total. The van der Waals surface area contributed by atoms with Crippen LogP contribution in [0.5, 0.6) is 5.75 Å². The van der Waals surface area contributed by atoms with Crippen molar-refractivity contribution < 1.29 is 26.7 Å². The van der Waals surface area contributed by atoms with Crippen molar-refractivity contribution in [2.75, 3.05) is 6.61 Å². The first-order valence-electron chi connectivity index (χ1n) is 14.4. The van der Waals surface area contributed by atoms with Gasteiger partial charge in [-0.3, -0.25) is 0 Å². The van der Waals surface area contributed by atoms with Crippen LogP contribution in [0, 0.1) is 29.4 Å². The summed E-state index contributed by atoms with van der Waals surface area (Å²) in [5.74, 6) is -8.35. The topological polar surface area (TPSA) is 22.1 Å². The highest BCUT2D eigenvalue weighted by Gasteiger charge is 2.50. The fourth-order valence-corrected chi connectivity index (χ4v) is 5.70. The number of ether oxygens (including phenoxy) is 1. The number of aryl methyl sites for hydroxylation is 1. The Labute approximate surface area is 223 Å². The highest BCUT2D eigenvalue weighted by Crippen LogP contribution is 2.51. The van der Waals surface area contributed by atoms with E-state index >= 15 is 13.2 Å². The van der Waals surface area contributed by atoms with Crippen molar-refractivity contribution >= 4 is 0 Å². The monoisotopic (exact) mass is 537 g/mol. The number of fused-ring (bicyclic) bond motifs is 1. The van der Waals surface area contributed by atoms with E-state index in [0.29, 0.717) is 12.1 Å². The minimum Gasteiger partial charge on any atom is -0.490 e. The zero-order valence-electron chi connectivity index (χ0n) is 22.6. The van der Waals surface area contributed by atoms with Crippen LogP contribution in [0.15, 0.2) is 18.2 Å². The Balaban J connectivity index is 1.41. The van der Waals surface area contributed by atoms with Crippen molar-refractivity contribution in [3.05, 3.63) is 58.2 Å². The van der Waals surface area contributed by atoms with Crippen LogP contribution in [-0.4, -0.2) is 11.6 Å². The summed E-state index contributed by atoms with van der Waals surface area (Å²) in [5, 5.41) is 0. The minimum absolute atomic E-state index is 0.119. The molecule has 2 atom stereocenters. The van der Waals surface area contributed by atoms with Gasteiger partial charge < -0.3 is 4.74 Å². The summed E-state index contributed by atoms with van der Waals surface area (Å²) in [4.78, 5) is 3.85. The van der Waals surface area contributed by atoms with Crippen molar-refractivity contribution in [1.82, 2.24) is 4.98 Å². The molecule has 0 radical (unpaired) electrons. The van der Waals surface area contributed by atoms with Crippen molar-refractivity contribution in [3.63, 3.8) is 0 Å². The summed E-state index contributed by atoms with van der Waals surface area (Å²) in [5.41, 5.74) is -0.585. The number of hydrogen-bond acceptors (Lipinski definition) is 2. The molecule has 2 aliphatic carbocycles. The molecule has 1 heterocycles. The molecule has 2 aliphatic rings. The normalized spacial score (nSPS) is 19.3. The number of pyridine rings is 1. The SMILES string of the molecule is CCCCC(C)Cc1cc2c(c(F)n1)C(F)(F)C(c1ccc(OCCCCCCC3CC3)c(F)c1F)CC2. The average molecular weight is 538 g/mol. The van der Waals surface area contributed by atoms with Crippen LogP contribution in [0.25, 0.3) is 0 Å². The van der Waals surface area contributed by atoms with Crippen LogP contribution < -0.4 is 4.74 Å². The van der Waals surface area contributed by atoms with Crippen LogP contribution in [0.4, 0.5) is 22.0 Å². The van der Waals surface area contributed by atoms with Gasteiger partial charge >= 0.3 is 0 Å². The number of benzene rings is 1. The van der Waals surface area contributed by atoms with Crippen molar-refractivity contribution in [2.24, 2.45) is 11.8 Å². The van der Waals surface area contributed by atoms with Crippen LogP contribution in [-0.2, 0) is 18.8 Å². The Morgan fingerprint density at radius 2 is 1.76 bits per heavy atom. The molecule has 0 aliphatic heterocycles. The summed E-state index contributed by atoms with van der Waals surface area (Å²) in [6.07, 6.45) is 11.5. The Hall–Kier alpha value is -2.18. The maximum Gasteiger partial charge on any atom is 0.284 e. The molecule has 7 heteroatoms. The Bertz CT molecular complexity index is 1080. The summed E-state index contributed by atoms with van der Waals surface area (Å²) in [7, 11) is 0. The highest BCUT2D eigenvalue weighted by atomic mass is 19.3. The van der Waals surface area contributed by atoms with Crippen molar-refractivity contribution in [2.45, 2.75) is 109 Å². The van der Waals surface area contributed by atoms with Crippen LogP contribution >= 0.6 is 0 Å². The molecule has 1 saturated carbocycles. The summed E-state index contributed by atoms with van der Waals surface area (Å²) >= 11 is 0.